The van der Waals surface area contributed by atoms with Crippen molar-refractivity contribution < 1.29 is 29.0 Å². The van der Waals surface area contributed by atoms with Crippen molar-refractivity contribution in [3.05, 3.63) is 95.3 Å². The fourth-order valence-electron chi connectivity index (χ4n) is 4.00. The number of esters is 1. The molecule has 3 aromatic rings. The van der Waals surface area contributed by atoms with E-state index in [0.717, 1.165) is 0 Å². The van der Waals surface area contributed by atoms with Gasteiger partial charge < -0.3 is 14.6 Å². The van der Waals surface area contributed by atoms with Crippen molar-refractivity contribution in [3.63, 3.8) is 0 Å². The number of Topliss-reactive ketones (excluding diaryl/α,β-unsaturated/α-hetero) is 1. The molecule has 1 aliphatic heterocycles. The van der Waals surface area contributed by atoms with Crippen LogP contribution in [0.25, 0.3) is 5.76 Å². The predicted octanol–water partition coefficient (Wildman–Crippen LogP) is 4.28. The molecule has 1 amide bonds. The Morgan fingerprint density at radius 2 is 1.89 bits per heavy atom. The molecule has 1 N–H and O–H groups in total. The van der Waals surface area contributed by atoms with Crippen LogP contribution in [0, 0.1) is 0 Å². The normalized spacial score (nSPS) is 16.9. The molecule has 0 aliphatic carbocycles. The number of hydrogen-bond acceptors (Lipinski definition) is 7. The van der Waals surface area contributed by atoms with Crippen LogP contribution in [0.1, 0.15) is 40.9 Å². The fourth-order valence-corrected chi connectivity index (χ4v) is 4.00. The third-order valence-electron chi connectivity index (χ3n) is 5.60. The second-order valence-electron chi connectivity index (χ2n) is 7.84. The maximum Gasteiger partial charge on any atom is 0.338 e. The van der Waals surface area contributed by atoms with Crippen molar-refractivity contribution in [2.45, 2.75) is 19.4 Å². The Morgan fingerprint density at radius 1 is 1.09 bits per heavy atom. The van der Waals surface area contributed by atoms with E-state index in [-0.39, 0.29) is 29.1 Å². The van der Waals surface area contributed by atoms with Crippen LogP contribution in [0.3, 0.4) is 0 Å². The lowest BCUT2D eigenvalue weighted by Gasteiger charge is -2.25. The maximum atomic E-state index is 13.3. The SMILES string of the molecule is CCCOC(=O)c1cccc(N2C(=O)C(=O)/C(=C(/O)c3ccccc3OC)C2c2cccnc2)c1. The summed E-state index contributed by atoms with van der Waals surface area (Å²) in [6.45, 7) is 2.15. The molecule has 1 fully saturated rings. The molecule has 1 aliphatic rings. The number of amides is 1. The molecule has 0 spiro atoms. The third-order valence-corrected chi connectivity index (χ3v) is 5.60. The van der Waals surface area contributed by atoms with Gasteiger partial charge in [-0.2, -0.15) is 0 Å². The number of aliphatic hydroxyl groups excluding tert-OH is 1. The first-order chi connectivity index (χ1) is 17.0. The van der Waals surface area contributed by atoms with Gasteiger partial charge in [-0.1, -0.05) is 31.2 Å². The fraction of sp³-hybridized carbons (Fsp3) is 0.185. The molecule has 8 nitrogen and oxygen atoms in total. The maximum absolute atomic E-state index is 13.3. The minimum Gasteiger partial charge on any atom is -0.507 e. The highest BCUT2D eigenvalue weighted by Gasteiger charge is 2.47. The third kappa shape index (κ3) is 4.50. The molecule has 1 atom stereocenters. The minimum absolute atomic E-state index is 0.105. The lowest BCUT2D eigenvalue weighted by Crippen LogP contribution is -2.29. The largest absolute Gasteiger partial charge is 0.507 e. The zero-order valence-electron chi connectivity index (χ0n) is 19.3. The van der Waals surface area contributed by atoms with Gasteiger partial charge in [0.2, 0.25) is 0 Å². The van der Waals surface area contributed by atoms with Gasteiger partial charge in [-0.3, -0.25) is 19.5 Å². The lowest BCUT2D eigenvalue weighted by molar-refractivity contribution is -0.132. The van der Waals surface area contributed by atoms with Crippen LogP contribution < -0.4 is 9.64 Å². The number of aliphatic hydroxyl groups is 1. The number of nitrogens with zero attached hydrogens (tertiary/aromatic N) is 2. The Hall–Kier alpha value is -4.46. The molecule has 0 bridgehead atoms. The van der Waals surface area contributed by atoms with E-state index in [4.69, 9.17) is 9.47 Å². The van der Waals surface area contributed by atoms with Crippen molar-refractivity contribution in [1.82, 2.24) is 4.98 Å². The zero-order valence-corrected chi connectivity index (χ0v) is 19.3. The molecule has 2 aromatic carbocycles. The molecule has 1 unspecified atom stereocenters. The summed E-state index contributed by atoms with van der Waals surface area (Å²) in [7, 11) is 1.45. The molecular formula is C27H24N2O6. The highest BCUT2D eigenvalue weighted by Crippen LogP contribution is 2.43. The van der Waals surface area contributed by atoms with Gasteiger partial charge in [-0.25, -0.2) is 4.79 Å². The number of hydrogen-bond donors (Lipinski definition) is 1. The topological polar surface area (TPSA) is 106 Å². The average molecular weight is 472 g/mol. The molecule has 1 aromatic heterocycles. The monoisotopic (exact) mass is 472 g/mol. The van der Waals surface area contributed by atoms with E-state index < -0.39 is 23.7 Å². The smallest absolute Gasteiger partial charge is 0.338 e. The van der Waals surface area contributed by atoms with Crippen LogP contribution in [0.15, 0.2) is 78.6 Å². The second-order valence-corrected chi connectivity index (χ2v) is 7.84. The van der Waals surface area contributed by atoms with Gasteiger partial charge in [0.15, 0.2) is 0 Å². The number of anilines is 1. The summed E-state index contributed by atoms with van der Waals surface area (Å²) in [5.74, 6) is -2.25. The van der Waals surface area contributed by atoms with Gasteiger partial charge in [0.25, 0.3) is 11.7 Å². The van der Waals surface area contributed by atoms with Gasteiger partial charge in [0.1, 0.15) is 11.5 Å². The van der Waals surface area contributed by atoms with Gasteiger partial charge in [0, 0.05) is 18.1 Å². The number of pyridine rings is 1. The number of rotatable bonds is 7. The summed E-state index contributed by atoms with van der Waals surface area (Å²) >= 11 is 0. The summed E-state index contributed by atoms with van der Waals surface area (Å²) < 4.78 is 10.6. The average Bonchev–Trinajstić information content (AvgIpc) is 3.17. The Bertz CT molecular complexity index is 1300. The number of carbonyl (C=O) groups is 3. The highest BCUT2D eigenvalue weighted by atomic mass is 16.5. The summed E-state index contributed by atoms with van der Waals surface area (Å²) in [5, 5.41) is 11.3. The second kappa shape index (κ2) is 10.2. The number of para-hydroxylation sites is 1. The molecule has 0 saturated carbocycles. The zero-order chi connectivity index (χ0) is 24.9. The standard InChI is InChI=1S/C27H24N2O6/c1-3-14-35-27(33)17-8-6-10-19(15-17)29-23(18-9-7-13-28-16-18)22(25(31)26(29)32)24(30)20-11-4-5-12-21(20)34-2/h4-13,15-16,23,30H,3,14H2,1-2H3/b24-22+. The van der Waals surface area contributed by atoms with Crippen LogP contribution in [0.5, 0.6) is 5.75 Å². The van der Waals surface area contributed by atoms with Crippen molar-refractivity contribution in [1.29, 1.82) is 0 Å². The minimum atomic E-state index is -0.976. The quantitative estimate of drug-likeness (QED) is 0.237. The molecule has 4 rings (SSSR count). The first-order valence-electron chi connectivity index (χ1n) is 11.1. The van der Waals surface area contributed by atoms with Crippen LogP contribution in [0.2, 0.25) is 0 Å². The molecule has 8 heteroatoms. The van der Waals surface area contributed by atoms with E-state index in [1.54, 1.807) is 60.8 Å². The number of ether oxygens (including phenoxy) is 2. The predicted molar refractivity (Wildman–Crippen MR) is 129 cm³/mol. The van der Waals surface area contributed by atoms with Crippen molar-refractivity contribution in [3.8, 4) is 5.75 Å². The first-order valence-corrected chi connectivity index (χ1v) is 11.1. The van der Waals surface area contributed by atoms with Crippen LogP contribution in [-0.4, -0.2) is 41.5 Å². The Balaban J connectivity index is 1.88. The Morgan fingerprint density at radius 3 is 2.60 bits per heavy atom. The summed E-state index contributed by atoms with van der Waals surface area (Å²) in [6, 6.07) is 15.4. The number of benzene rings is 2. The van der Waals surface area contributed by atoms with Gasteiger partial charge in [-0.05, 0) is 48.4 Å². The number of carbonyl (C=O) groups excluding carboxylic acids is 3. The molecule has 178 valence electrons. The molecule has 2 heterocycles. The van der Waals surface area contributed by atoms with E-state index in [0.29, 0.717) is 23.4 Å². The first kappa shape index (κ1) is 23.7. The van der Waals surface area contributed by atoms with E-state index in [1.807, 2.05) is 6.92 Å². The van der Waals surface area contributed by atoms with E-state index in [1.165, 1.54) is 24.3 Å². The van der Waals surface area contributed by atoms with Crippen LogP contribution >= 0.6 is 0 Å². The lowest BCUT2D eigenvalue weighted by atomic mass is 9.95. The Labute approximate surface area is 202 Å². The molecule has 0 radical (unpaired) electrons. The van der Waals surface area contributed by atoms with Crippen molar-refractivity contribution in [2.75, 3.05) is 18.6 Å². The number of ketones is 1. The number of methoxy groups -OCH3 is 1. The van der Waals surface area contributed by atoms with Gasteiger partial charge >= 0.3 is 5.97 Å². The van der Waals surface area contributed by atoms with E-state index in [2.05, 4.69) is 4.98 Å². The van der Waals surface area contributed by atoms with Crippen LogP contribution in [-0.2, 0) is 14.3 Å². The molecule has 1 saturated heterocycles. The molecular weight excluding hydrogens is 448 g/mol. The van der Waals surface area contributed by atoms with Crippen LogP contribution in [0.4, 0.5) is 5.69 Å². The summed E-state index contributed by atoms with van der Waals surface area (Å²) in [6.07, 6.45) is 3.77. The molecule has 35 heavy (non-hydrogen) atoms. The summed E-state index contributed by atoms with van der Waals surface area (Å²) in [5.41, 5.74) is 1.24. The Kier molecular flexibility index (Phi) is 6.91. The highest BCUT2D eigenvalue weighted by molar-refractivity contribution is 6.51. The number of aromatic nitrogens is 1. The van der Waals surface area contributed by atoms with Gasteiger partial charge in [-0.15, -0.1) is 0 Å². The summed E-state index contributed by atoms with van der Waals surface area (Å²) in [4.78, 5) is 44.4. The van der Waals surface area contributed by atoms with E-state index >= 15 is 0 Å². The van der Waals surface area contributed by atoms with Gasteiger partial charge in [0.05, 0.1) is 36.5 Å². The van der Waals surface area contributed by atoms with Crippen molar-refractivity contribution in [2.24, 2.45) is 0 Å². The van der Waals surface area contributed by atoms with Crippen molar-refractivity contribution >= 4 is 29.1 Å². The van der Waals surface area contributed by atoms with E-state index in [9.17, 15) is 19.5 Å².